The third-order valence-electron chi connectivity index (χ3n) is 3.66. The summed E-state index contributed by atoms with van der Waals surface area (Å²) in [7, 11) is -3.12. The quantitative estimate of drug-likeness (QED) is 0.732. The van der Waals surface area contributed by atoms with Gasteiger partial charge in [-0.2, -0.15) is 0 Å². The molecule has 0 aromatic carbocycles. The van der Waals surface area contributed by atoms with Crippen LogP contribution in [0.3, 0.4) is 0 Å². The predicted molar refractivity (Wildman–Crippen MR) is 70.4 cm³/mol. The second kappa shape index (κ2) is 6.36. The third-order valence-corrected chi connectivity index (χ3v) is 4.61. The van der Waals surface area contributed by atoms with E-state index in [0.29, 0.717) is 12.8 Å². The number of carboxylic acid groups (broad SMARTS) is 1. The summed E-state index contributed by atoms with van der Waals surface area (Å²) < 4.78 is 21.9. The van der Waals surface area contributed by atoms with Gasteiger partial charge in [0.15, 0.2) is 0 Å². The topological polar surface area (TPSA) is 101 Å². The highest BCUT2D eigenvalue weighted by Crippen LogP contribution is 2.38. The average molecular weight is 291 g/mol. The molecule has 1 amide bonds. The van der Waals surface area contributed by atoms with Crippen LogP contribution in [0.1, 0.15) is 26.2 Å². The number of nitrogens with one attached hydrogen (secondary N) is 1. The minimum absolute atomic E-state index is 0.0390. The number of carboxylic acids is 1. The second-order valence-electron chi connectivity index (χ2n) is 5.22. The number of amides is 1. The SMILES string of the molecule is CCC1CC(C(=O)O)C(C(=O)NCCS(C)(=O)=O)C1. The fourth-order valence-electron chi connectivity index (χ4n) is 2.53. The number of rotatable bonds is 6. The van der Waals surface area contributed by atoms with Crippen molar-refractivity contribution in [1.82, 2.24) is 5.32 Å². The van der Waals surface area contributed by atoms with Gasteiger partial charge in [-0.05, 0) is 18.8 Å². The maximum atomic E-state index is 11.9. The number of carbonyl (C=O) groups is 2. The third kappa shape index (κ3) is 4.81. The Balaban J connectivity index is 2.57. The van der Waals surface area contributed by atoms with Gasteiger partial charge in [-0.1, -0.05) is 13.3 Å². The van der Waals surface area contributed by atoms with Crippen LogP contribution < -0.4 is 5.32 Å². The molecule has 0 aromatic heterocycles. The first-order valence-electron chi connectivity index (χ1n) is 6.42. The van der Waals surface area contributed by atoms with Gasteiger partial charge in [-0.3, -0.25) is 9.59 Å². The minimum Gasteiger partial charge on any atom is -0.481 e. The first-order valence-corrected chi connectivity index (χ1v) is 8.49. The summed E-state index contributed by atoms with van der Waals surface area (Å²) in [5.74, 6) is -2.34. The number of hydrogen-bond acceptors (Lipinski definition) is 4. The van der Waals surface area contributed by atoms with Crippen LogP contribution in [0.5, 0.6) is 0 Å². The Kier molecular flexibility index (Phi) is 5.34. The minimum atomic E-state index is -3.12. The number of hydrogen-bond donors (Lipinski definition) is 2. The van der Waals surface area contributed by atoms with Gasteiger partial charge in [-0.15, -0.1) is 0 Å². The highest BCUT2D eigenvalue weighted by molar-refractivity contribution is 7.90. The normalized spacial score (nSPS) is 27.2. The molecule has 0 aromatic rings. The van der Waals surface area contributed by atoms with E-state index < -0.39 is 27.6 Å². The molecular formula is C12H21NO5S. The van der Waals surface area contributed by atoms with E-state index in [2.05, 4.69) is 5.32 Å². The molecule has 0 spiro atoms. The van der Waals surface area contributed by atoms with Gasteiger partial charge in [0.25, 0.3) is 0 Å². The van der Waals surface area contributed by atoms with Gasteiger partial charge in [0.2, 0.25) is 5.91 Å². The summed E-state index contributed by atoms with van der Waals surface area (Å²) in [6, 6.07) is 0. The van der Waals surface area contributed by atoms with E-state index in [4.69, 9.17) is 5.11 Å². The molecule has 3 atom stereocenters. The highest BCUT2D eigenvalue weighted by atomic mass is 32.2. The Labute approximate surface area is 113 Å². The van der Waals surface area contributed by atoms with Gasteiger partial charge in [0, 0.05) is 12.8 Å². The summed E-state index contributed by atoms with van der Waals surface area (Å²) in [6.07, 6.45) is 3.05. The monoisotopic (exact) mass is 291 g/mol. The van der Waals surface area contributed by atoms with Crippen molar-refractivity contribution >= 4 is 21.7 Å². The zero-order valence-electron chi connectivity index (χ0n) is 11.3. The van der Waals surface area contributed by atoms with Gasteiger partial charge >= 0.3 is 5.97 Å². The Morgan fingerprint density at radius 3 is 2.32 bits per heavy atom. The van der Waals surface area contributed by atoms with Crippen molar-refractivity contribution in [2.75, 3.05) is 18.6 Å². The molecule has 0 radical (unpaired) electrons. The van der Waals surface area contributed by atoms with Crippen LogP contribution in [0, 0.1) is 17.8 Å². The van der Waals surface area contributed by atoms with E-state index >= 15 is 0 Å². The molecule has 19 heavy (non-hydrogen) atoms. The van der Waals surface area contributed by atoms with Crippen LogP contribution in [0.2, 0.25) is 0 Å². The molecule has 3 unspecified atom stereocenters. The molecule has 1 rings (SSSR count). The molecule has 110 valence electrons. The lowest BCUT2D eigenvalue weighted by molar-refractivity contribution is -0.146. The summed E-state index contributed by atoms with van der Waals surface area (Å²) in [4.78, 5) is 23.1. The number of carbonyl (C=O) groups excluding carboxylic acids is 1. The standard InChI is InChI=1S/C12H21NO5S/c1-3-8-6-9(10(7-8)12(15)16)11(14)13-4-5-19(2,17)18/h8-10H,3-7H2,1-2H3,(H,13,14)(H,15,16). The zero-order chi connectivity index (χ0) is 14.6. The van der Waals surface area contributed by atoms with Gasteiger partial charge in [-0.25, -0.2) is 8.42 Å². The molecular weight excluding hydrogens is 270 g/mol. The van der Waals surface area contributed by atoms with Crippen molar-refractivity contribution in [1.29, 1.82) is 0 Å². The van der Waals surface area contributed by atoms with E-state index in [1.54, 1.807) is 0 Å². The highest BCUT2D eigenvalue weighted by Gasteiger charge is 2.41. The van der Waals surface area contributed by atoms with Crippen molar-refractivity contribution in [2.24, 2.45) is 17.8 Å². The lowest BCUT2D eigenvalue weighted by Gasteiger charge is -2.15. The van der Waals surface area contributed by atoms with Crippen LogP contribution in [-0.2, 0) is 19.4 Å². The van der Waals surface area contributed by atoms with Gasteiger partial charge in [0.05, 0.1) is 17.6 Å². The largest absolute Gasteiger partial charge is 0.481 e. The van der Waals surface area contributed by atoms with E-state index in [1.807, 2.05) is 6.92 Å². The zero-order valence-corrected chi connectivity index (χ0v) is 12.1. The lowest BCUT2D eigenvalue weighted by atomic mass is 9.95. The first-order chi connectivity index (χ1) is 8.74. The van der Waals surface area contributed by atoms with Crippen molar-refractivity contribution < 1.29 is 23.1 Å². The van der Waals surface area contributed by atoms with E-state index in [0.717, 1.165) is 12.7 Å². The van der Waals surface area contributed by atoms with Crippen LogP contribution >= 0.6 is 0 Å². The summed E-state index contributed by atoms with van der Waals surface area (Å²) in [6.45, 7) is 2.02. The molecule has 0 heterocycles. The summed E-state index contributed by atoms with van der Waals surface area (Å²) >= 11 is 0. The molecule has 6 nitrogen and oxygen atoms in total. The lowest BCUT2D eigenvalue weighted by Crippen LogP contribution is -2.37. The fraction of sp³-hybridized carbons (Fsp3) is 0.833. The maximum absolute atomic E-state index is 11.9. The molecule has 1 aliphatic carbocycles. The van der Waals surface area contributed by atoms with Crippen molar-refractivity contribution in [3.63, 3.8) is 0 Å². The Morgan fingerprint density at radius 1 is 1.26 bits per heavy atom. The van der Waals surface area contributed by atoms with E-state index in [9.17, 15) is 18.0 Å². The number of sulfone groups is 1. The van der Waals surface area contributed by atoms with Crippen molar-refractivity contribution in [3.8, 4) is 0 Å². The number of aliphatic carboxylic acids is 1. The Morgan fingerprint density at radius 2 is 1.84 bits per heavy atom. The Hall–Kier alpha value is -1.11. The van der Waals surface area contributed by atoms with Crippen molar-refractivity contribution in [2.45, 2.75) is 26.2 Å². The van der Waals surface area contributed by atoms with E-state index in [1.165, 1.54) is 0 Å². The second-order valence-corrected chi connectivity index (χ2v) is 7.48. The first kappa shape index (κ1) is 15.9. The molecule has 0 saturated heterocycles. The summed E-state index contributed by atoms with van der Waals surface area (Å²) in [5.41, 5.74) is 0. The average Bonchev–Trinajstić information content (AvgIpc) is 2.71. The smallest absolute Gasteiger partial charge is 0.307 e. The van der Waals surface area contributed by atoms with Gasteiger partial charge in [0.1, 0.15) is 9.84 Å². The molecule has 1 fully saturated rings. The molecule has 0 aliphatic heterocycles. The van der Waals surface area contributed by atoms with Crippen LogP contribution in [-0.4, -0.2) is 44.0 Å². The van der Waals surface area contributed by atoms with Crippen LogP contribution in [0.25, 0.3) is 0 Å². The molecule has 1 aliphatic rings. The maximum Gasteiger partial charge on any atom is 0.307 e. The molecule has 7 heteroatoms. The molecule has 1 saturated carbocycles. The predicted octanol–water partition coefficient (Wildman–Crippen LogP) is 0.284. The van der Waals surface area contributed by atoms with Crippen LogP contribution in [0.15, 0.2) is 0 Å². The molecule has 2 N–H and O–H groups in total. The Bertz CT molecular complexity index is 445. The fourth-order valence-corrected chi connectivity index (χ4v) is 3.00. The van der Waals surface area contributed by atoms with Gasteiger partial charge < -0.3 is 10.4 Å². The van der Waals surface area contributed by atoms with Crippen molar-refractivity contribution in [3.05, 3.63) is 0 Å². The van der Waals surface area contributed by atoms with Crippen LogP contribution in [0.4, 0.5) is 0 Å². The summed E-state index contributed by atoms with van der Waals surface area (Å²) in [5, 5.41) is 11.7. The molecule has 0 bridgehead atoms. The van der Waals surface area contributed by atoms with E-state index in [-0.39, 0.29) is 24.1 Å².